The minimum Gasteiger partial charge on any atom is -0.495 e. The number of hydrogen-bond acceptors (Lipinski definition) is 4. The van der Waals surface area contributed by atoms with Crippen molar-refractivity contribution < 1.29 is 9.47 Å². The van der Waals surface area contributed by atoms with Gasteiger partial charge in [0, 0.05) is 11.4 Å². The lowest BCUT2D eigenvalue weighted by molar-refractivity contribution is 0.416. The molecule has 0 amide bonds. The van der Waals surface area contributed by atoms with Crippen LogP contribution >= 0.6 is 0 Å². The fourth-order valence-electron chi connectivity index (χ4n) is 3.45. The highest BCUT2D eigenvalue weighted by atomic mass is 16.5. The summed E-state index contributed by atoms with van der Waals surface area (Å²) < 4.78 is 10.8. The molecule has 4 aromatic carbocycles. The molecule has 0 fully saturated rings. The van der Waals surface area contributed by atoms with E-state index in [1.807, 2.05) is 48.5 Å². The van der Waals surface area contributed by atoms with E-state index in [0.717, 1.165) is 40.7 Å². The third-order valence-electron chi connectivity index (χ3n) is 5.09. The van der Waals surface area contributed by atoms with E-state index in [0.29, 0.717) is 0 Å². The smallest absolute Gasteiger partial charge is 0.142 e. The first-order valence-electron chi connectivity index (χ1n) is 10.2. The minimum atomic E-state index is 0.827. The lowest BCUT2D eigenvalue weighted by Crippen LogP contribution is -1.96. The topological polar surface area (TPSA) is 42.5 Å². The molecule has 0 spiro atoms. The van der Waals surface area contributed by atoms with Crippen molar-refractivity contribution in [2.24, 2.45) is 0 Å². The zero-order valence-electron chi connectivity index (χ0n) is 17.8. The summed E-state index contributed by atoms with van der Waals surface area (Å²) in [6, 6.07) is 32.8. The van der Waals surface area contributed by atoms with Crippen molar-refractivity contribution in [3.8, 4) is 11.5 Å². The molecule has 156 valence electrons. The van der Waals surface area contributed by atoms with Gasteiger partial charge in [-0.3, -0.25) is 0 Å². The van der Waals surface area contributed by atoms with E-state index in [1.54, 1.807) is 14.2 Å². The summed E-state index contributed by atoms with van der Waals surface area (Å²) in [6.45, 7) is 0. The van der Waals surface area contributed by atoms with Crippen molar-refractivity contribution in [3.05, 3.63) is 108 Å². The molecule has 0 saturated carbocycles. The molecular weight excluding hydrogens is 384 g/mol. The maximum absolute atomic E-state index is 5.41. The molecule has 4 aromatic rings. The van der Waals surface area contributed by atoms with Crippen molar-refractivity contribution in [3.63, 3.8) is 0 Å². The number of hydrogen-bond donors (Lipinski definition) is 2. The van der Waals surface area contributed by atoms with Crippen LogP contribution in [0.5, 0.6) is 11.5 Å². The zero-order valence-corrected chi connectivity index (χ0v) is 17.8. The molecule has 0 aliphatic carbocycles. The molecule has 0 heterocycles. The summed E-state index contributed by atoms with van der Waals surface area (Å²) in [7, 11) is 3.36. The van der Waals surface area contributed by atoms with Gasteiger partial charge in [-0.2, -0.15) is 0 Å². The Labute approximate surface area is 183 Å². The SMILES string of the molecule is COc1ccccc1Nc1ccc(Cc2ccc(Nc3ccccc3OC)cc2)cc1. The highest BCUT2D eigenvalue weighted by molar-refractivity contribution is 5.67. The van der Waals surface area contributed by atoms with Crippen LogP contribution in [0, 0.1) is 0 Å². The second-order valence-corrected chi connectivity index (χ2v) is 7.22. The van der Waals surface area contributed by atoms with Crippen molar-refractivity contribution in [2.75, 3.05) is 24.9 Å². The van der Waals surface area contributed by atoms with Gasteiger partial charge in [0.05, 0.1) is 25.6 Å². The molecule has 0 aromatic heterocycles. The summed E-state index contributed by atoms with van der Waals surface area (Å²) in [5, 5.41) is 6.82. The first-order valence-corrected chi connectivity index (χ1v) is 10.2. The van der Waals surface area contributed by atoms with E-state index in [9.17, 15) is 0 Å². The Hall–Kier alpha value is -3.92. The lowest BCUT2D eigenvalue weighted by Gasteiger charge is -2.12. The number of nitrogens with one attached hydrogen (secondary N) is 2. The average molecular weight is 411 g/mol. The summed E-state index contributed by atoms with van der Waals surface area (Å²) >= 11 is 0. The third kappa shape index (κ3) is 5.17. The van der Waals surface area contributed by atoms with Gasteiger partial charge in [0.15, 0.2) is 0 Å². The van der Waals surface area contributed by atoms with Gasteiger partial charge in [-0.25, -0.2) is 0 Å². The molecule has 0 saturated heterocycles. The predicted molar refractivity (Wildman–Crippen MR) is 128 cm³/mol. The summed E-state index contributed by atoms with van der Waals surface area (Å²) in [4.78, 5) is 0. The molecule has 0 aliphatic rings. The first kappa shape index (κ1) is 20.4. The largest absolute Gasteiger partial charge is 0.495 e. The van der Waals surface area contributed by atoms with Crippen LogP contribution in [0.1, 0.15) is 11.1 Å². The van der Waals surface area contributed by atoms with Gasteiger partial charge in [-0.05, 0) is 66.1 Å². The van der Waals surface area contributed by atoms with E-state index >= 15 is 0 Å². The van der Waals surface area contributed by atoms with Gasteiger partial charge < -0.3 is 20.1 Å². The van der Waals surface area contributed by atoms with Crippen molar-refractivity contribution in [1.82, 2.24) is 0 Å². The van der Waals surface area contributed by atoms with E-state index in [4.69, 9.17) is 9.47 Å². The van der Waals surface area contributed by atoms with Crippen molar-refractivity contribution in [1.29, 1.82) is 0 Å². The Morgan fingerprint density at radius 1 is 0.516 bits per heavy atom. The van der Waals surface area contributed by atoms with Crippen LogP contribution in [0.3, 0.4) is 0 Å². The van der Waals surface area contributed by atoms with Crippen LogP contribution < -0.4 is 20.1 Å². The van der Waals surface area contributed by atoms with Gasteiger partial charge in [-0.1, -0.05) is 48.5 Å². The number of ether oxygens (including phenoxy) is 2. The quantitative estimate of drug-likeness (QED) is 0.336. The summed E-state index contributed by atoms with van der Waals surface area (Å²) in [5.74, 6) is 1.65. The maximum Gasteiger partial charge on any atom is 0.142 e. The summed E-state index contributed by atoms with van der Waals surface area (Å²) in [6.07, 6.45) is 0.879. The van der Waals surface area contributed by atoms with E-state index in [-0.39, 0.29) is 0 Å². The van der Waals surface area contributed by atoms with Crippen molar-refractivity contribution in [2.45, 2.75) is 6.42 Å². The molecule has 0 unspecified atom stereocenters. The molecule has 0 radical (unpaired) electrons. The van der Waals surface area contributed by atoms with Crippen LogP contribution in [0.25, 0.3) is 0 Å². The number of rotatable bonds is 8. The van der Waals surface area contributed by atoms with Crippen LogP contribution in [0.2, 0.25) is 0 Å². The molecule has 31 heavy (non-hydrogen) atoms. The third-order valence-corrected chi connectivity index (χ3v) is 5.09. The molecule has 4 heteroatoms. The van der Waals surface area contributed by atoms with Crippen LogP contribution in [0.4, 0.5) is 22.7 Å². The number of methoxy groups -OCH3 is 2. The minimum absolute atomic E-state index is 0.827. The van der Waals surface area contributed by atoms with Gasteiger partial charge >= 0.3 is 0 Å². The summed E-state index contributed by atoms with van der Waals surface area (Å²) in [5.41, 5.74) is 6.49. The Kier molecular flexibility index (Phi) is 6.38. The highest BCUT2D eigenvalue weighted by Crippen LogP contribution is 2.28. The van der Waals surface area contributed by atoms with E-state index < -0.39 is 0 Å². The number of anilines is 4. The Balaban J connectivity index is 1.39. The maximum atomic E-state index is 5.41. The second kappa shape index (κ2) is 9.72. The van der Waals surface area contributed by atoms with Gasteiger partial charge in [-0.15, -0.1) is 0 Å². The van der Waals surface area contributed by atoms with Crippen LogP contribution in [-0.2, 0) is 6.42 Å². The monoisotopic (exact) mass is 410 g/mol. The Morgan fingerprint density at radius 2 is 0.903 bits per heavy atom. The van der Waals surface area contributed by atoms with Crippen LogP contribution in [-0.4, -0.2) is 14.2 Å². The standard InChI is InChI=1S/C27H26N2O2/c1-30-26-9-5-3-7-24(26)28-22-15-11-20(12-16-22)19-21-13-17-23(18-14-21)29-25-8-4-6-10-27(25)31-2/h3-18,28-29H,19H2,1-2H3. The molecule has 0 aliphatic heterocycles. The predicted octanol–water partition coefficient (Wildman–Crippen LogP) is 6.78. The van der Waals surface area contributed by atoms with Crippen LogP contribution in [0.15, 0.2) is 97.1 Å². The average Bonchev–Trinajstić information content (AvgIpc) is 2.82. The fourth-order valence-corrected chi connectivity index (χ4v) is 3.45. The first-order chi connectivity index (χ1) is 15.2. The van der Waals surface area contributed by atoms with Gasteiger partial charge in [0.25, 0.3) is 0 Å². The molecular formula is C27H26N2O2. The number of benzene rings is 4. The zero-order chi connectivity index (χ0) is 21.5. The molecule has 4 nitrogen and oxygen atoms in total. The normalized spacial score (nSPS) is 10.4. The molecule has 0 atom stereocenters. The Morgan fingerprint density at radius 3 is 1.29 bits per heavy atom. The second-order valence-electron chi connectivity index (χ2n) is 7.22. The van der Waals surface area contributed by atoms with Gasteiger partial charge in [0.2, 0.25) is 0 Å². The van der Waals surface area contributed by atoms with Gasteiger partial charge in [0.1, 0.15) is 11.5 Å². The Bertz CT molecular complexity index is 1030. The van der Waals surface area contributed by atoms with E-state index in [1.165, 1.54) is 11.1 Å². The fraction of sp³-hybridized carbons (Fsp3) is 0.111. The number of para-hydroxylation sites is 4. The van der Waals surface area contributed by atoms with E-state index in [2.05, 4.69) is 59.2 Å². The molecule has 4 rings (SSSR count). The lowest BCUT2D eigenvalue weighted by atomic mass is 10.0. The molecule has 2 N–H and O–H groups in total. The van der Waals surface area contributed by atoms with Crippen molar-refractivity contribution >= 4 is 22.7 Å². The highest BCUT2D eigenvalue weighted by Gasteiger charge is 2.04. The molecule has 0 bridgehead atoms.